The molecule has 0 unspecified atom stereocenters. The van der Waals surface area contributed by atoms with E-state index in [-0.39, 0.29) is 17.7 Å². The third-order valence-corrected chi connectivity index (χ3v) is 7.90. The van der Waals surface area contributed by atoms with Gasteiger partial charge in [0.2, 0.25) is 0 Å². The van der Waals surface area contributed by atoms with Crippen LogP contribution in [-0.4, -0.2) is 52.0 Å². The Bertz CT molecular complexity index is 1300. The highest BCUT2D eigenvalue weighted by molar-refractivity contribution is 7.91. The van der Waals surface area contributed by atoms with E-state index in [4.69, 9.17) is 0 Å². The molecule has 0 saturated heterocycles. The van der Waals surface area contributed by atoms with Crippen LogP contribution < -0.4 is 4.90 Å². The Hall–Kier alpha value is -2.94. The highest BCUT2D eigenvalue weighted by Gasteiger charge is 2.37. The van der Waals surface area contributed by atoms with E-state index in [1.54, 1.807) is 29.3 Å². The van der Waals surface area contributed by atoms with E-state index in [2.05, 4.69) is 25.0 Å². The van der Waals surface area contributed by atoms with Gasteiger partial charge in [-0.1, -0.05) is 6.07 Å². The number of H-pyrrole nitrogens is 1. The summed E-state index contributed by atoms with van der Waals surface area (Å²) in [5.74, 6) is 1.18. The Morgan fingerprint density at radius 3 is 2.86 bits per heavy atom. The smallest absolute Gasteiger partial charge is 0.179 e. The first-order valence-corrected chi connectivity index (χ1v) is 11.2. The lowest BCUT2D eigenvalue weighted by molar-refractivity contribution is 0.282. The normalized spacial score (nSPS) is 19.5. The molecule has 8 nitrogen and oxygen atoms in total. The molecule has 29 heavy (non-hydrogen) atoms. The molecule has 0 spiro atoms. The molecule has 0 aliphatic heterocycles. The van der Waals surface area contributed by atoms with Gasteiger partial charge in [0.1, 0.15) is 17.8 Å². The van der Waals surface area contributed by atoms with Gasteiger partial charge in [-0.2, -0.15) is 5.10 Å². The van der Waals surface area contributed by atoms with Crippen LogP contribution in [0.25, 0.3) is 21.9 Å². The van der Waals surface area contributed by atoms with E-state index < -0.39 is 9.84 Å². The van der Waals surface area contributed by atoms with Gasteiger partial charge >= 0.3 is 0 Å². The molecule has 5 rings (SSSR count). The predicted molar refractivity (Wildman–Crippen MR) is 112 cm³/mol. The molecule has 3 aromatic heterocycles. The van der Waals surface area contributed by atoms with Crippen LogP contribution >= 0.6 is 0 Å². The zero-order chi connectivity index (χ0) is 20.2. The van der Waals surface area contributed by atoms with Crippen molar-refractivity contribution in [3.8, 4) is 0 Å². The van der Waals surface area contributed by atoms with Gasteiger partial charge < -0.3 is 9.88 Å². The number of nitrogens with zero attached hydrogens (tertiary/aromatic N) is 5. The van der Waals surface area contributed by atoms with Crippen LogP contribution in [0.1, 0.15) is 12.8 Å². The molecule has 3 heterocycles. The van der Waals surface area contributed by atoms with Crippen molar-refractivity contribution in [2.24, 2.45) is 13.0 Å². The topological polar surface area (TPSA) is 96.8 Å². The Morgan fingerprint density at radius 1 is 1.21 bits per heavy atom. The lowest BCUT2D eigenvalue weighted by atomic mass is 9.81. The molecule has 1 N–H and O–H groups in total. The van der Waals surface area contributed by atoms with Crippen LogP contribution in [0.3, 0.4) is 0 Å². The maximum Gasteiger partial charge on any atom is 0.179 e. The number of nitrogens with one attached hydrogen (secondary N) is 1. The lowest BCUT2D eigenvalue weighted by Gasteiger charge is -2.41. The molecule has 0 bridgehead atoms. The standard InChI is InChI=1S/C20H22N6O2S/c1-25(20-15-6-7-21-19(15)22-12-23-20)14-8-13(9-14)11-29(27,28)18-5-3-4-17-16(18)10-24-26(17)2/h3-7,10,12-14H,8-9,11H2,1-2H3,(H,21,22,23)/t13-,14+. The second-order valence-electron chi connectivity index (χ2n) is 7.78. The van der Waals surface area contributed by atoms with Crippen molar-refractivity contribution >= 4 is 37.6 Å². The molecule has 0 radical (unpaired) electrons. The molecule has 1 aromatic carbocycles. The summed E-state index contributed by atoms with van der Waals surface area (Å²) in [6, 6.07) is 7.60. The van der Waals surface area contributed by atoms with Gasteiger partial charge in [0.25, 0.3) is 0 Å². The van der Waals surface area contributed by atoms with Crippen molar-refractivity contribution in [1.29, 1.82) is 0 Å². The summed E-state index contributed by atoms with van der Waals surface area (Å²) < 4.78 is 27.8. The van der Waals surface area contributed by atoms with Crippen molar-refractivity contribution in [3.63, 3.8) is 0 Å². The minimum atomic E-state index is -3.38. The van der Waals surface area contributed by atoms with Crippen LogP contribution in [0.5, 0.6) is 0 Å². The average molecular weight is 411 g/mol. The number of hydrogen-bond donors (Lipinski definition) is 1. The number of anilines is 1. The maximum absolute atomic E-state index is 13.1. The first-order chi connectivity index (χ1) is 13.9. The zero-order valence-electron chi connectivity index (χ0n) is 16.3. The molecule has 1 saturated carbocycles. The average Bonchev–Trinajstić information content (AvgIpc) is 3.30. The van der Waals surface area contributed by atoms with Crippen molar-refractivity contribution in [1.82, 2.24) is 24.7 Å². The fourth-order valence-electron chi connectivity index (χ4n) is 4.29. The van der Waals surface area contributed by atoms with E-state index in [1.165, 1.54) is 0 Å². The largest absolute Gasteiger partial charge is 0.356 e. The van der Waals surface area contributed by atoms with E-state index >= 15 is 0 Å². The van der Waals surface area contributed by atoms with Gasteiger partial charge in [0, 0.05) is 31.7 Å². The monoisotopic (exact) mass is 410 g/mol. The van der Waals surface area contributed by atoms with E-state index in [0.29, 0.717) is 10.3 Å². The second-order valence-corrected chi connectivity index (χ2v) is 9.78. The summed E-state index contributed by atoms with van der Waals surface area (Å²) in [5, 5.41) is 5.88. The molecular formula is C20H22N6O2S. The minimum Gasteiger partial charge on any atom is -0.356 e. The Morgan fingerprint density at radius 2 is 2.03 bits per heavy atom. The van der Waals surface area contributed by atoms with E-state index in [0.717, 1.165) is 35.2 Å². The third-order valence-electron chi connectivity index (χ3n) is 5.97. The molecule has 1 aliphatic carbocycles. The van der Waals surface area contributed by atoms with Crippen molar-refractivity contribution < 1.29 is 8.42 Å². The second kappa shape index (κ2) is 6.55. The van der Waals surface area contributed by atoms with E-state index in [9.17, 15) is 8.42 Å². The number of sulfone groups is 1. The molecule has 0 amide bonds. The van der Waals surface area contributed by atoms with Crippen LogP contribution in [0, 0.1) is 5.92 Å². The SMILES string of the molecule is Cn1ncc2c(S(=O)(=O)C[C@H]3C[C@@H](N(C)c4ncnc5[nH]ccc45)C3)cccc21. The molecule has 1 fully saturated rings. The zero-order valence-corrected chi connectivity index (χ0v) is 17.1. The minimum absolute atomic E-state index is 0.142. The molecule has 1 aliphatic rings. The van der Waals surface area contributed by atoms with Gasteiger partial charge in [-0.25, -0.2) is 18.4 Å². The Kier molecular flexibility index (Phi) is 4.09. The van der Waals surface area contributed by atoms with Gasteiger partial charge in [-0.05, 0) is 37.0 Å². The van der Waals surface area contributed by atoms with Crippen molar-refractivity contribution in [2.75, 3.05) is 17.7 Å². The number of aryl methyl sites for hydroxylation is 1. The molecular weight excluding hydrogens is 388 g/mol. The van der Waals surface area contributed by atoms with Crippen LogP contribution in [0.2, 0.25) is 0 Å². The first kappa shape index (κ1) is 18.1. The van der Waals surface area contributed by atoms with Gasteiger partial charge in [-0.15, -0.1) is 0 Å². The van der Waals surface area contributed by atoms with E-state index in [1.807, 2.05) is 32.4 Å². The number of aromatic nitrogens is 5. The number of aromatic amines is 1. The van der Waals surface area contributed by atoms with Crippen LogP contribution in [0.4, 0.5) is 5.82 Å². The molecule has 4 aromatic rings. The molecule has 150 valence electrons. The summed E-state index contributed by atoms with van der Waals surface area (Å²) in [6.07, 6.45) is 6.70. The van der Waals surface area contributed by atoms with Crippen molar-refractivity contribution in [2.45, 2.75) is 23.8 Å². The molecule has 9 heteroatoms. The summed E-state index contributed by atoms with van der Waals surface area (Å²) >= 11 is 0. The lowest BCUT2D eigenvalue weighted by Crippen LogP contribution is -2.45. The summed E-state index contributed by atoms with van der Waals surface area (Å²) in [6.45, 7) is 0. The molecule has 0 atom stereocenters. The van der Waals surface area contributed by atoms with Crippen LogP contribution in [-0.2, 0) is 16.9 Å². The Labute approximate surface area is 168 Å². The summed E-state index contributed by atoms with van der Waals surface area (Å²) in [7, 11) is 0.458. The highest BCUT2D eigenvalue weighted by atomic mass is 32.2. The Balaban J connectivity index is 1.31. The van der Waals surface area contributed by atoms with Gasteiger partial charge in [0.15, 0.2) is 9.84 Å². The predicted octanol–water partition coefficient (Wildman–Crippen LogP) is 2.53. The summed E-state index contributed by atoms with van der Waals surface area (Å²) in [4.78, 5) is 14.3. The third kappa shape index (κ3) is 2.96. The number of hydrogen-bond acceptors (Lipinski definition) is 6. The number of fused-ring (bicyclic) bond motifs is 2. The van der Waals surface area contributed by atoms with Gasteiger partial charge in [-0.3, -0.25) is 4.68 Å². The quantitative estimate of drug-likeness (QED) is 0.543. The van der Waals surface area contributed by atoms with Gasteiger partial charge in [0.05, 0.1) is 27.7 Å². The fraction of sp³-hybridized carbons (Fsp3) is 0.350. The summed E-state index contributed by atoms with van der Waals surface area (Å²) in [5.41, 5.74) is 1.64. The van der Waals surface area contributed by atoms with Crippen molar-refractivity contribution in [3.05, 3.63) is 43.0 Å². The number of rotatable bonds is 5. The first-order valence-electron chi connectivity index (χ1n) is 9.58. The van der Waals surface area contributed by atoms with Crippen LogP contribution in [0.15, 0.2) is 47.9 Å². The maximum atomic E-state index is 13.1. The number of benzene rings is 1. The fourth-order valence-corrected chi connectivity index (χ4v) is 6.14. The highest BCUT2D eigenvalue weighted by Crippen LogP contribution is 2.37.